The fraction of sp³-hybridized carbons (Fsp3) is 0.708. The summed E-state index contributed by atoms with van der Waals surface area (Å²) < 4.78 is 5.33. The molecule has 2 fully saturated rings. The summed E-state index contributed by atoms with van der Waals surface area (Å²) in [6, 6.07) is 8.80. The molecule has 170 valence electrons. The Kier molecular flexibility index (Phi) is 11.5. The van der Waals surface area contributed by atoms with Crippen molar-refractivity contribution in [3.05, 3.63) is 35.4 Å². The van der Waals surface area contributed by atoms with Crippen molar-refractivity contribution in [2.45, 2.75) is 65.0 Å². The number of rotatable bonds is 10. The number of benzene rings is 1. The topological polar surface area (TPSA) is 48.9 Å². The first-order chi connectivity index (χ1) is 14.2. The van der Waals surface area contributed by atoms with Crippen LogP contribution < -0.4 is 10.6 Å². The molecule has 0 amide bonds. The van der Waals surface area contributed by atoms with Gasteiger partial charge in [0.1, 0.15) is 0 Å². The van der Waals surface area contributed by atoms with Gasteiger partial charge in [0.25, 0.3) is 0 Å². The lowest BCUT2D eigenvalue weighted by atomic mass is 9.67. The number of methoxy groups -OCH3 is 1. The van der Waals surface area contributed by atoms with Crippen LogP contribution in [0, 0.1) is 5.41 Å². The molecule has 1 saturated carbocycles. The highest BCUT2D eigenvalue weighted by Gasteiger charge is 2.36. The summed E-state index contributed by atoms with van der Waals surface area (Å²) in [5, 5.41) is 7.04. The quantitative estimate of drug-likeness (QED) is 0.266. The molecule has 0 bridgehead atoms. The van der Waals surface area contributed by atoms with Gasteiger partial charge in [-0.2, -0.15) is 0 Å². The zero-order chi connectivity index (χ0) is 20.4. The van der Waals surface area contributed by atoms with Gasteiger partial charge in [0.05, 0.1) is 6.54 Å². The third kappa shape index (κ3) is 7.68. The van der Waals surface area contributed by atoms with Gasteiger partial charge in [-0.1, -0.05) is 37.1 Å². The molecule has 3 rings (SSSR count). The molecule has 30 heavy (non-hydrogen) atoms. The molecular formula is C24H41IN4O. The molecule has 0 spiro atoms. The molecule has 1 aliphatic heterocycles. The molecule has 5 nitrogen and oxygen atoms in total. The molecule has 6 heteroatoms. The molecule has 1 aromatic carbocycles. The Morgan fingerprint density at radius 2 is 1.80 bits per heavy atom. The van der Waals surface area contributed by atoms with Crippen molar-refractivity contribution in [3.8, 4) is 0 Å². The Balaban J connectivity index is 0.00000320. The zero-order valence-electron chi connectivity index (χ0n) is 18.9. The lowest BCUT2D eigenvalue weighted by Crippen LogP contribution is -2.47. The molecule has 0 atom stereocenters. The van der Waals surface area contributed by atoms with Crippen LogP contribution in [0.25, 0.3) is 0 Å². The summed E-state index contributed by atoms with van der Waals surface area (Å²) in [5.74, 6) is 0.934. The average molecular weight is 529 g/mol. The van der Waals surface area contributed by atoms with E-state index < -0.39 is 0 Å². The summed E-state index contributed by atoms with van der Waals surface area (Å²) in [6.45, 7) is 9.08. The number of ether oxygens (including phenoxy) is 1. The monoisotopic (exact) mass is 528 g/mol. The van der Waals surface area contributed by atoms with E-state index in [9.17, 15) is 0 Å². The number of nitrogens with one attached hydrogen (secondary N) is 2. The third-order valence-electron chi connectivity index (χ3n) is 6.59. The number of likely N-dealkylation sites (tertiary alicyclic amines) is 1. The number of piperidine rings is 1. The summed E-state index contributed by atoms with van der Waals surface area (Å²) in [4.78, 5) is 7.51. The predicted molar refractivity (Wildman–Crippen MR) is 137 cm³/mol. The third-order valence-corrected chi connectivity index (χ3v) is 6.59. The number of aliphatic imine (C=N–C) groups is 1. The van der Waals surface area contributed by atoms with Crippen LogP contribution >= 0.6 is 24.0 Å². The highest BCUT2D eigenvalue weighted by atomic mass is 127. The van der Waals surface area contributed by atoms with Gasteiger partial charge < -0.3 is 15.4 Å². The first kappa shape index (κ1) is 25.4. The van der Waals surface area contributed by atoms with Crippen molar-refractivity contribution in [2.75, 3.05) is 39.9 Å². The zero-order valence-corrected chi connectivity index (χ0v) is 21.3. The number of halogens is 1. The van der Waals surface area contributed by atoms with Gasteiger partial charge >= 0.3 is 0 Å². The minimum absolute atomic E-state index is 0. The Labute approximate surface area is 200 Å². The summed E-state index contributed by atoms with van der Waals surface area (Å²) >= 11 is 0. The van der Waals surface area contributed by atoms with E-state index in [1.165, 1.54) is 62.7 Å². The van der Waals surface area contributed by atoms with E-state index in [1.54, 1.807) is 7.11 Å². The first-order valence-corrected chi connectivity index (χ1v) is 11.5. The standard InChI is InChI=1S/C24H40N4O.HI/c1-3-25-23(27-20-24(12-9-13-24)14-17-29-2)26-18-21-10-5-6-11-22(21)19-28-15-7-4-8-16-28;/h5-6,10-11H,3-4,7-9,12-20H2,1-2H3,(H2,25,26,27);1H. The van der Waals surface area contributed by atoms with Crippen molar-refractivity contribution in [1.29, 1.82) is 0 Å². The van der Waals surface area contributed by atoms with E-state index in [0.717, 1.165) is 45.2 Å². The molecule has 0 aromatic heterocycles. The van der Waals surface area contributed by atoms with Gasteiger partial charge in [0, 0.05) is 33.4 Å². The molecule has 1 saturated heterocycles. The van der Waals surface area contributed by atoms with E-state index >= 15 is 0 Å². The van der Waals surface area contributed by atoms with E-state index in [-0.39, 0.29) is 24.0 Å². The van der Waals surface area contributed by atoms with Gasteiger partial charge in [-0.3, -0.25) is 4.90 Å². The molecular weight excluding hydrogens is 487 g/mol. The predicted octanol–water partition coefficient (Wildman–Crippen LogP) is 4.55. The van der Waals surface area contributed by atoms with Crippen LogP contribution in [0.4, 0.5) is 0 Å². The van der Waals surface area contributed by atoms with E-state index in [0.29, 0.717) is 5.41 Å². The van der Waals surface area contributed by atoms with Crippen molar-refractivity contribution in [1.82, 2.24) is 15.5 Å². The highest BCUT2D eigenvalue weighted by Crippen LogP contribution is 2.43. The van der Waals surface area contributed by atoms with E-state index in [2.05, 4.69) is 46.7 Å². The van der Waals surface area contributed by atoms with Crippen molar-refractivity contribution >= 4 is 29.9 Å². The van der Waals surface area contributed by atoms with Gasteiger partial charge in [0.2, 0.25) is 0 Å². The minimum atomic E-state index is 0. The normalized spacial score (nSPS) is 18.9. The Morgan fingerprint density at radius 1 is 1.07 bits per heavy atom. The minimum Gasteiger partial charge on any atom is -0.385 e. The SMILES string of the molecule is CCNC(=NCc1ccccc1CN1CCCCC1)NCC1(CCOC)CCC1.I. The van der Waals surface area contributed by atoms with Crippen LogP contribution in [-0.4, -0.2) is 50.8 Å². The van der Waals surface area contributed by atoms with Crippen LogP contribution in [0.15, 0.2) is 29.3 Å². The Morgan fingerprint density at radius 3 is 2.43 bits per heavy atom. The number of hydrogen-bond donors (Lipinski definition) is 2. The first-order valence-electron chi connectivity index (χ1n) is 11.5. The lowest BCUT2D eigenvalue weighted by Gasteiger charge is -2.42. The molecule has 0 radical (unpaired) electrons. The summed E-state index contributed by atoms with van der Waals surface area (Å²) in [7, 11) is 1.80. The summed E-state index contributed by atoms with van der Waals surface area (Å²) in [5.41, 5.74) is 3.15. The molecule has 1 heterocycles. The van der Waals surface area contributed by atoms with Crippen LogP contribution in [0.5, 0.6) is 0 Å². The molecule has 1 aromatic rings. The van der Waals surface area contributed by atoms with Gasteiger partial charge in [-0.25, -0.2) is 4.99 Å². The second kappa shape index (κ2) is 13.5. The maximum atomic E-state index is 5.33. The molecule has 2 N–H and O–H groups in total. The van der Waals surface area contributed by atoms with Gasteiger partial charge in [-0.05, 0) is 68.7 Å². The molecule has 2 aliphatic rings. The van der Waals surface area contributed by atoms with Crippen molar-refractivity contribution in [2.24, 2.45) is 10.4 Å². The largest absolute Gasteiger partial charge is 0.385 e. The average Bonchev–Trinajstić information content (AvgIpc) is 2.72. The van der Waals surface area contributed by atoms with E-state index in [4.69, 9.17) is 9.73 Å². The van der Waals surface area contributed by atoms with E-state index in [1.807, 2.05) is 0 Å². The van der Waals surface area contributed by atoms with Crippen LogP contribution in [0.1, 0.15) is 63.0 Å². The smallest absolute Gasteiger partial charge is 0.191 e. The number of nitrogens with zero attached hydrogens (tertiary/aromatic N) is 2. The van der Waals surface area contributed by atoms with Crippen LogP contribution in [0.2, 0.25) is 0 Å². The second-order valence-electron chi connectivity index (χ2n) is 8.75. The summed E-state index contributed by atoms with van der Waals surface area (Å²) in [6.07, 6.45) is 9.10. The van der Waals surface area contributed by atoms with Gasteiger partial charge in [-0.15, -0.1) is 24.0 Å². The fourth-order valence-electron chi connectivity index (χ4n) is 4.51. The van der Waals surface area contributed by atoms with Crippen LogP contribution in [-0.2, 0) is 17.8 Å². The second-order valence-corrected chi connectivity index (χ2v) is 8.75. The Bertz CT molecular complexity index is 642. The van der Waals surface area contributed by atoms with Gasteiger partial charge in [0.15, 0.2) is 5.96 Å². The molecule has 0 unspecified atom stereocenters. The molecule has 1 aliphatic carbocycles. The van der Waals surface area contributed by atoms with Crippen molar-refractivity contribution in [3.63, 3.8) is 0 Å². The fourth-order valence-corrected chi connectivity index (χ4v) is 4.51. The maximum absolute atomic E-state index is 5.33. The van der Waals surface area contributed by atoms with Crippen molar-refractivity contribution < 1.29 is 4.74 Å². The highest BCUT2D eigenvalue weighted by molar-refractivity contribution is 14.0. The maximum Gasteiger partial charge on any atom is 0.191 e. The Hall–Kier alpha value is -0.860. The van der Waals surface area contributed by atoms with Crippen LogP contribution in [0.3, 0.4) is 0 Å². The number of hydrogen-bond acceptors (Lipinski definition) is 3. The number of guanidine groups is 1. The lowest BCUT2D eigenvalue weighted by molar-refractivity contribution is 0.0732.